The van der Waals surface area contributed by atoms with Crippen molar-refractivity contribution in [2.45, 2.75) is 44.1 Å². The van der Waals surface area contributed by atoms with Gasteiger partial charge in [0.15, 0.2) is 0 Å². The molecule has 0 atom stereocenters. The first-order valence-electron chi connectivity index (χ1n) is 6.85. The van der Waals surface area contributed by atoms with E-state index in [1.165, 1.54) is 0 Å². The molecule has 0 spiro atoms. The number of aliphatic hydroxyl groups is 1. The topological polar surface area (TPSA) is 69.6 Å². The van der Waals surface area contributed by atoms with E-state index in [0.717, 1.165) is 32.1 Å². The quantitative estimate of drug-likeness (QED) is 0.775. The number of rotatable bonds is 4. The summed E-state index contributed by atoms with van der Waals surface area (Å²) in [5.41, 5.74) is -0.136. The van der Waals surface area contributed by atoms with Gasteiger partial charge in [-0.25, -0.2) is 0 Å². The molecule has 0 saturated heterocycles. The molecule has 0 radical (unpaired) electrons. The zero-order valence-electron chi connectivity index (χ0n) is 11.1. The van der Waals surface area contributed by atoms with E-state index >= 15 is 0 Å². The monoisotopic (exact) mass is 263 g/mol. The Bertz CT molecular complexity index is 439. The number of benzene rings is 1. The second kappa shape index (κ2) is 6.06. The van der Waals surface area contributed by atoms with Crippen molar-refractivity contribution in [3.63, 3.8) is 0 Å². The van der Waals surface area contributed by atoms with Gasteiger partial charge in [0, 0.05) is 12.1 Å². The first-order valence-corrected chi connectivity index (χ1v) is 6.85. The van der Waals surface area contributed by atoms with Crippen LogP contribution in [0.25, 0.3) is 0 Å². The van der Waals surface area contributed by atoms with E-state index in [-0.39, 0.29) is 18.1 Å². The minimum atomic E-state index is -0.743. The van der Waals surface area contributed by atoms with E-state index < -0.39 is 5.60 Å². The molecule has 1 aliphatic carbocycles. The molecule has 1 aromatic carbocycles. The summed E-state index contributed by atoms with van der Waals surface area (Å²) in [6, 6.07) is 6.81. The molecule has 4 nitrogen and oxygen atoms in total. The zero-order chi connectivity index (χ0) is 13.7. The van der Waals surface area contributed by atoms with Gasteiger partial charge in [0.2, 0.25) is 5.91 Å². The summed E-state index contributed by atoms with van der Waals surface area (Å²) in [7, 11) is 0. The number of phenolic OH excluding ortho intramolecular Hbond substituents is 1. The summed E-state index contributed by atoms with van der Waals surface area (Å²) in [6.45, 7) is 0.305. The molecule has 1 aliphatic rings. The fourth-order valence-electron chi connectivity index (χ4n) is 2.55. The molecule has 1 aromatic rings. The van der Waals surface area contributed by atoms with Crippen LogP contribution in [0.2, 0.25) is 0 Å². The summed E-state index contributed by atoms with van der Waals surface area (Å²) in [6.07, 6.45) is 4.85. The largest absolute Gasteiger partial charge is 0.508 e. The summed E-state index contributed by atoms with van der Waals surface area (Å²) < 4.78 is 0. The predicted octanol–water partition coefficient (Wildman–Crippen LogP) is 1.75. The van der Waals surface area contributed by atoms with Gasteiger partial charge >= 0.3 is 0 Å². The van der Waals surface area contributed by atoms with Crippen LogP contribution in [0.1, 0.15) is 37.7 Å². The average Bonchev–Trinajstić information content (AvgIpc) is 2.40. The van der Waals surface area contributed by atoms with Crippen LogP contribution in [-0.4, -0.2) is 28.3 Å². The third kappa shape index (κ3) is 3.96. The van der Waals surface area contributed by atoms with Crippen LogP contribution in [0.5, 0.6) is 5.75 Å². The highest BCUT2D eigenvalue weighted by molar-refractivity contribution is 5.79. The van der Waals surface area contributed by atoms with E-state index in [1.54, 1.807) is 24.3 Å². The molecule has 0 unspecified atom stereocenters. The van der Waals surface area contributed by atoms with Gasteiger partial charge in [-0.3, -0.25) is 4.79 Å². The molecule has 19 heavy (non-hydrogen) atoms. The SMILES string of the molecule is O=C(Cc1ccccc1O)NCC1(O)CCCCC1. The lowest BCUT2D eigenvalue weighted by molar-refractivity contribution is -0.122. The van der Waals surface area contributed by atoms with Crippen molar-refractivity contribution in [2.24, 2.45) is 0 Å². The lowest BCUT2D eigenvalue weighted by Crippen LogP contribution is -2.44. The van der Waals surface area contributed by atoms with Gasteiger partial charge in [-0.2, -0.15) is 0 Å². The van der Waals surface area contributed by atoms with Crippen LogP contribution >= 0.6 is 0 Å². The minimum absolute atomic E-state index is 0.133. The van der Waals surface area contributed by atoms with Crippen molar-refractivity contribution in [1.82, 2.24) is 5.32 Å². The fraction of sp³-hybridized carbons (Fsp3) is 0.533. The third-order valence-electron chi connectivity index (χ3n) is 3.74. The molecule has 0 aliphatic heterocycles. The Balaban J connectivity index is 1.83. The Morgan fingerprint density at radius 2 is 1.89 bits per heavy atom. The Kier molecular flexibility index (Phi) is 4.43. The van der Waals surface area contributed by atoms with Crippen molar-refractivity contribution in [3.05, 3.63) is 29.8 Å². The van der Waals surface area contributed by atoms with Crippen molar-refractivity contribution in [1.29, 1.82) is 0 Å². The lowest BCUT2D eigenvalue weighted by atomic mass is 9.85. The maximum Gasteiger partial charge on any atom is 0.224 e. The number of carbonyl (C=O) groups is 1. The van der Waals surface area contributed by atoms with Crippen molar-refractivity contribution >= 4 is 5.91 Å². The molecule has 1 amide bonds. The Morgan fingerprint density at radius 3 is 2.58 bits per heavy atom. The highest BCUT2D eigenvalue weighted by Gasteiger charge is 2.29. The number of hydrogen-bond acceptors (Lipinski definition) is 3. The van der Waals surface area contributed by atoms with Crippen molar-refractivity contribution in [2.75, 3.05) is 6.54 Å². The normalized spacial score (nSPS) is 17.9. The number of phenols is 1. The molecule has 1 saturated carbocycles. The number of para-hydroxylation sites is 1. The first kappa shape index (κ1) is 13.9. The highest BCUT2D eigenvalue weighted by atomic mass is 16.3. The van der Waals surface area contributed by atoms with Gasteiger partial charge < -0.3 is 15.5 Å². The molecule has 0 aromatic heterocycles. The van der Waals surface area contributed by atoms with Crippen LogP contribution < -0.4 is 5.32 Å². The van der Waals surface area contributed by atoms with Gasteiger partial charge in [0.25, 0.3) is 0 Å². The molecule has 3 N–H and O–H groups in total. The molecule has 4 heteroatoms. The van der Waals surface area contributed by atoms with Gasteiger partial charge in [0.05, 0.1) is 12.0 Å². The first-order chi connectivity index (χ1) is 9.09. The Hall–Kier alpha value is -1.55. The zero-order valence-corrected chi connectivity index (χ0v) is 11.1. The number of aromatic hydroxyl groups is 1. The van der Waals surface area contributed by atoms with Crippen LogP contribution in [0, 0.1) is 0 Å². The molecule has 0 bridgehead atoms. The van der Waals surface area contributed by atoms with Gasteiger partial charge in [-0.05, 0) is 18.9 Å². The second-order valence-electron chi connectivity index (χ2n) is 5.37. The van der Waals surface area contributed by atoms with E-state index in [2.05, 4.69) is 5.32 Å². The molecular weight excluding hydrogens is 242 g/mol. The van der Waals surface area contributed by atoms with Crippen LogP contribution in [-0.2, 0) is 11.2 Å². The van der Waals surface area contributed by atoms with E-state index in [4.69, 9.17) is 0 Å². The maximum absolute atomic E-state index is 11.8. The standard InChI is InChI=1S/C15H21NO3/c17-13-7-3-2-6-12(13)10-14(18)16-11-15(19)8-4-1-5-9-15/h2-3,6-7,17,19H,1,4-5,8-11H2,(H,16,18). The lowest BCUT2D eigenvalue weighted by Gasteiger charge is -2.32. The molecule has 0 heterocycles. The second-order valence-corrected chi connectivity index (χ2v) is 5.37. The van der Waals surface area contributed by atoms with E-state index in [0.29, 0.717) is 12.1 Å². The summed E-state index contributed by atoms with van der Waals surface area (Å²) in [4.78, 5) is 11.8. The summed E-state index contributed by atoms with van der Waals surface area (Å²) >= 11 is 0. The number of carbonyl (C=O) groups excluding carboxylic acids is 1. The van der Waals surface area contributed by atoms with Gasteiger partial charge in [-0.15, -0.1) is 0 Å². The summed E-state index contributed by atoms with van der Waals surface area (Å²) in [5.74, 6) is -0.0328. The number of amides is 1. The smallest absolute Gasteiger partial charge is 0.224 e. The number of nitrogens with one attached hydrogen (secondary N) is 1. The Labute approximate surface area is 113 Å². The molecule has 1 fully saturated rings. The van der Waals surface area contributed by atoms with Crippen LogP contribution in [0.3, 0.4) is 0 Å². The van der Waals surface area contributed by atoms with Crippen LogP contribution in [0.15, 0.2) is 24.3 Å². The molecule has 104 valence electrons. The fourth-order valence-corrected chi connectivity index (χ4v) is 2.55. The van der Waals surface area contributed by atoms with E-state index in [9.17, 15) is 15.0 Å². The van der Waals surface area contributed by atoms with Gasteiger partial charge in [-0.1, -0.05) is 37.5 Å². The van der Waals surface area contributed by atoms with Crippen molar-refractivity contribution < 1.29 is 15.0 Å². The molecule has 2 rings (SSSR count). The highest BCUT2D eigenvalue weighted by Crippen LogP contribution is 2.27. The predicted molar refractivity (Wildman–Crippen MR) is 72.9 cm³/mol. The third-order valence-corrected chi connectivity index (χ3v) is 3.74. The summed E-state index contributed by atoms with van der Waals surface area (Å²) in [5, 5.41) is 22.6. The number of hydrogen-bond donors (Lipinski definition) is 3. The molecular formula is C15H21NO3. The van der Waals surface area contributed by atoms with Gasteiger partial charge in [0.1, 0.15) is 5.75 Å². The van der Waals surface area contributed by atoms with Crippen LogP contribution in [0.4, 0.5) is 0 Å². The average molecular weight is 263 g/mol. The minimum Gasteiger partial charge on any atom is -0.508 e. The Morgan fingerprint density at radius 1 is 1.21 bits per heavy atom. The maximum atomic E-state index is 11.8. The van der Waals surface area contributed by atoms with Crippen molar-refractivity contribution in [3.8, 4) is 5.75 Å². The van der Waals surface area contributed by atoms with E-state index in [1.807, 2.05) is 0 Å².